The van der Waals surface area contributed by atoms with Crippen LogP contribution in [-0.4, -0.2) is 28.5 Å². The highest BCUT2D eigenvalue weighted by molar-refractivity contribution is 7.85. The number of aryl methyl sites for hydroxylation is 1. The van der Waals surface area contributed by atoms with Crippen LogP contribution in [0.25, 0.3) is 22.4 Å². The Balaban J connectivity index is 2.31. The van der Waals surface area contributed by atoms with Crippen LogP contribution in [0.5, 0.6) is 0 Å². The summed E-state index contributed by atoms with van der Waals surface area (Å²) >= 11 is 0. The van der Waals surface area contributed by atoms with Crippen LogP contribution in [-0.2, 0) is 16.7 Å². The lowest BCUT2D eigenvalue weighted by molar-refractivity contribution is 0.473. The Morgan fingerprint density at radius 3 is 2.07 bits per heavy atom. The lowest BCUT2D eigenvalue weighted by Gasteiger charge is -2.14. The van der Waals surface area contributed by atoms with Gasteiger partial charge in [0.25, 0.3) is 15.7 Å². The minimum atomic E-state index is -4.28. The van der Waals surface area contributed by atoms with Crippen molar-refractivity contribution in [1.82, 2.24) is 9.78 Å². The molecule has 0 bridgehead atoms. The average molecular weight is 381 g/mol. The van der Waals surface area contributed by atoms with Crippen molar-refractivity contribution < 1.29 is 13.0 Å². The molecule has 7 nitrogen and oxygen atoms in total. The molecule has 0 amide bonds. The van der Waals surface area contributed by atoms with Crippen LogP contribution in [0, 0.1) is 11.3 Å². The maximum Gasteiger partial charge on any atom is 0.285 e. The molecule has 0 unspecified atom stereocenters. The van der Waals surface area contributed by atoms with Gasteiger partial charge in [0.1, 0.15) is 17.3 Å². The second kappa shape index (κ2) is 7.53. The molecule has 27 heavy (non-hydrogen) atoms. The van der Waals surface area contributed by atoms with Crippen molar-refractivity contribution in [3.05, 3.63) is 76.6 Å². The number of nitrogens with zero attached hydrogens (tertiary/aromatic N) is 3. The first-order chi connectivity index (χ1) is 12.9. The summed E-state index contributed by atoms with van der Waals surface area (Å²) in [5.74, 6) is -0.677. The van der Waals surface area contributed by atoms with Gasteiger partial charge >= 0.3 is 0 Å². The number of nitriles is 1. The number of benzene rings is 2. The maximum absolute atomic E-state index is 12.7. The summed E-state index contributed by atoms with van der Waals surface area (Å²) in [6.45, 7) is -0.360. The first kappa shape index (κ1) is 18.5. The van der Waals surface area contributed by atoms with Crippen molar-refractivity contribution in [1.29, 1.82) is 5.26 Å². The number of hydrogen-bond acceptors (Lipinski definition) is 5. The Morgan fingerprint density at radius 1 is 1.00 bits per heavy atom. The van der Waals surface area contributed by atoms with E-state index in [0.717, 1.165) is 4.68 Å². The molecule has 0 aliphatic heterocycles. The van der Waals surface area contributed by atoms with Crippen LogP contribution in [0.15, 0.2) is 65.5 Å². The van der Waals surface area contributed by atoms with Gasteiger partial charge < -0.3 is 0 Å². The van der Waals surface area contributed by atoms with Crippen LogP contribution in [0.1, 0.15) is 5.56 Å². The molecule has 0 atom stereocenters. The molecule has 1 N–H and O–H groups in total. The third kappa shape index (κ3) is 4.11. The molecule has 1 aromatic heterocycles. The molecule has 3 rings (SSSR count). The third-order valence-corrected chi connectivity index (χ3v) is 4.64. The zero-order valence-electron chi connectivity index (χ0n) is 14.1. The van der Waals surface area contributed by atoms with Gasteiger partial charge in [0.05, 0.1) is 12.3 Å². The molecule has 0 radical (unpaired) electrons. The van der Waals surface area contributed by atoms with Crippen molar-refractivity contribution in [2.75, 3.05) is 5.75 Å². The van der Waals surface area contributed by atoms with Gasteiger partial charge in [-0.3, -0.25) is 9.35 Å². The van der Waals surface area contributed by atoms with E-state index in [0.29, 0.717) is 22.4 Å². The van der Waals surface area contributed by atoms with Crippen LogP contribution in [0.3, 0.4) is 0 Å². The predicted octanol–water partition coefficient (Wildman–Crippen LogP) is 2.34. The summed E-state index contributed by atoms with van der Waals surface area (Å²) in [4.78, 5) is 12.7. The van der Waals surface area contributed by atoms with E-state index in [4.69, 9.17) is 4.55 Å². The molecular formula is C19H15N3O4S. The van der Waals surface area contributed by atoms with E-state index < -0.39 is 21.4 Å². The summed E-state index contributed by atoms with van der Waals surface area (Å²) in [6, 6.07) is 19.8. The lowest BCUT2D eigenvalue weighted by Crippen LogP contribution is -2.29. The van der Waals surface area contributed by atoms with Gasteiger partial charge in [0.15, 0.2) is 0 Å². The fourth-order valence-corrected chi connectivity index (χ4v) is 3.12. The van der Waals surface area contributed by atoms with E-state index in [2.05, 4.69) is 5.10 Å². The Hall–Kier alpha value is -3.28. The second-order valence-corrected chi connectivity index (χ2v) is 7.33. The van der Waals surface area contributed by atoms with Gasteiger partial charge in [-0.2, -0.15) is 18.8 Å². The fraction of sp³-hybridized carbons (Fsp3) is 0.105. The number of rotatable bonds is 5. The van der Waals surface area contributed by atoms with Crippen molar-refractivity contribution >= 4 is 10.1 Å². The summed E-state index contributed by atoms with van der Waals surface area (Å²) in [7, 11) is -4.28. The second-order valence-electron chi connectivity index (χ2n) is 5.76. The van der Waals surface area contributed by atoms with Crippen LogP contribution in [0.4, 0.5) is 0 Å². The zero-order valence-corrected chi connectivity index (χ0v) is 14.9. The van der Waals surface area contributed by atoms with Gasteiger partial charge in [-0.25, -0.2) is 4.68 Å². The van der Waals surface area contributed by atoms with E-state index >= 15 is 0 Å². The molecule has 0 saturated heterocycles. The summed E-state index contributed by atoms with van der Waals surface area (Å²) in [5, 5.41) is 13.9. The topological polar surface area (TPSA) is 113 Å². The standard InChI is InChI=1S/C19H15N3O4S/c20-13-16-17(14-7-3-1-4-8-14)18(15-9-5-2-6-10-15)21-22(19(16)23)11-12-27(24,25)26/h1-10H,11-12H2,(H,24,25,26). The van der Waals surface area contributed by atoms with Crippen molar-refractivity contribution in [3.63, 3.8) is 0 Å². The van der Waals surface area contributed by atoms with Crippen LogP contribution < -0.4 is 5.56 Å². The molecule has 136 valence electrons. The SMILES string of the molecule is N#Cc1c(-c2ccccc2)c(-c2ccccc2)nn(CCS(=O)(=O)O)c1=O. The highest BCUT2D eigenvalue weighted by atomic mass is 32.2. The van der Waals surface area contributed by atoms with Gasteiger partial charge in [0, 0.05) is 11.1 Å². The molecule has 1 heterocycles. The van der Waals surface area contributed by atoms with Crippen LogP contribution >= 0.6 is 0 Å². The lowest BCUT2D eigenvalue weighted by atomic mass is 9.96. The Morgan fingerprint density at radius 2 is 1.56 bits per heavy atom. The van der Waals surface area contributed by atoms with E-state index in [9.17, 15) is 18.5 Å². The van der Waals surface area contributed by atoms with Gasteiger partial charge in [-0.15, -0.1) is 0 Å². The van der Waals surface area contributed by atoms with Gasteiger partial charge in [-0.1, -0.05) is 60.7 Å². The van der Waals surface area contributed by atoms with Gasteiger partial charge in [-0.05, 0) is 5.56 Å². The fourth-order valence-electron chi connectivity index (χ4n) is 2.71. The van der Waals surface area contributed by atoms with E-state index in [1.165, 1.54) is 0 Å². The Labute approximate surface area is 155 Å². The van der Waals surface area contributed by atoms with E-state index in [1.807, 2.05) is 18.2 Å². The van der Waals surface area contributed by atoms with E-state index in [-0.39, 0.29) is 12.1 Å². The smallest absolute Gasteiger partial charge is 0.285 e. The molecule has 0 aliphatic rings. The first-order valence-electron chi connectivity index (χ1n) is 8.02. The minimum absolute atomic E-state index is 0.134. The highest BCUT2D eigenvalue weighted by Gasteiger charge is 2.20. The summed E-state index contributed by atoms with van der Waals surface area (Å²) in [5.41, 5.74) is 1.25. The zero-order chi connectivity index (χ0) is 19.4. The highest BCUT2D eigenvalue weighted by Crippen LogP contribution is 2.31. The summed E-state index contributed by atoms with van der Waals surface area (Å²) < 4.78 is 32.0. The minimum Gasteiger partial charge on any atom is -0.285 e. The molecule has 0 fully saturated rings. The first-order valence-corrected chi connectivity index (χ1v) is 9.63. The molecule has 0 saturated carbocycles. The largest absolute Gasteiger partial charge is 0.285 e. The monoisotopic (exact) mass is 381 g/mol. The Bertz CT molecular complexity index is 1170. The molecule has 2 aromatic carbocycles. The molecule has 3 aromatic rings. The average Bonchev–Trinajstić information content (AvgIpc) is 2.67. The molecule has 0 aliphatic carbocycles. The molecule has 8 heteroatoms. The van der Waals surface area contributed by atoms with Crippen LogP contribution in [0.2, 0.25) is 0 Å². The predicted molar refractivity (Wildman–Crippen MR) is 100 cm³/mol. The van der Waals surface area contributed by atoms with E-state index in [1.54, 1.807) is 48.5 Å². The molecular weight excluding hydrogens is 366 g/mol. The van der Waals surface area contributed by atoms with Gasteiger partial charge in [0.2, 0.25) is 0 Å². The maximum atomic E-state index is 12.7. The third-order valence-electron chi connectivity index (χ3n) is 3.94. The van der Waals surface area contributed by atoms with Crippen molar-refractivity contribution in [3.8, 4) is 28.5 Å². The normalized spacial score (nSPS) is 11.1. The number of hydrogen-bond donors (Lipinski definition) is 1. The Kier molecular flexibility index (Phi) is 5.16. The van der Waals surface area contributed by atoms with Crippen molar-refractivity contribution in [2.24, 2.45) is 0 Å². The quantitative estimate of drug-likeness (QED) is 0.679. The molecule has 0 spiro atoms. The van der Waals surface area contributed by atoms with Crippen molar-refractivity contribution in [2.45, 2.75) is 6.54 Å². The summed E-state index contributed by atoms with van der Waals surface area (Å²) in [6.07, 6.45) is 0. The number of aromatic nitrogens is 2.